The van der Waals surface area contributed by atoms with E-state index in [0.29, 0.717) is 5.69 Å². The zero-order valence-corrected chi connectivity index (χ0v) is 12.7. The van der Waals surface area contributed by atoms with Crippen LogP contribution in [0, 0.1) is 10.1 Å². The molecule has 0 aliphatic heterocycles. The van der Waals surface area contributed by atoms with Gasteiger partial charge in [0.2, 0.25) is 0 Å². The zero-order valence-electron chi connectivity index (χ0n) is 12.7. The first-order valence-corrected chi connectivity index (χ1v) is 7.50. The standard InChI is InChI=1S/C16H17N5O2/c1-2-6-16(17-12-7-5-8-13(11-12)21(22)23)20-15-10-4-3-9-14(15)18-19-20/h3-5,7-11,16-17H,2,6H2,1H3/t16-/m1/s1. The summed E-state index contributed by atoms with van der Waals surface area (Å²) in [6.45, 7) is 2.08. The molecule has 1 atom stereocenters. The molecule has 0 radical (unpaired) electrons. The molecule has 0 saturated carbocycles. The van der Waals surface area contributed by atoms with Crippen LogP contribution in [0.4, 0.5) is 11.4 Å². The minimum atomic E-state index is -0.398. The van der Waals surface area contributed by atoms with Gasteiger partial charge in [-0.15, -0.1) is 5.10 Å². The van der Waals surface area contributed by atoms with E-state index in [-0.39, 0.29) is 11.9 Å². The fraction of sp³-hybridized carbons (Fsp3) is 0.250. The first-order valence-electron chi connectivity index (χ1n) is 7.50. The van der Waals surface area contributed by atoms with Crippen LogP contribution < -0.4 is 5.32 Å². The topological polar surface area (TPSA) is 85.9 Å². The van der Waals surface area contributed by atoms with E-state index < -0.39 is 4.92 Å². The molecule has 7 nitrogen and oxygen atoms in total. The zero-order chi connectivity index (χ0) is 16.2. The number of para-hydroxylation sites is 1. The van der Waals surface area contributed by atoms with Gasteiger partial charge in [-0.05, 0) is 24.6 Å². The second-order valence-corrected chi connectivity index (χ2v) is 5.28. The van der Waals surface area contributed by atoms with Crippen LogP contribution in [0.2, 0.25) is 0 Å². The van der Waals surface area contributed by atoms with Gasteiger partial charge in [0, 0.05) is 17.8 Å². The number of anilines is 1. The lowest BCUT2D eigenvalue weighted by Gasteiger charge is -2.20. The fourth-order valence-electron chi connectivity index (χ4n) is 2.55. The summed E-state index contributed by atoms with van der Waals surface area (Å²) in [6.07, 6.45) is 1.66. The van der Waals surface area contributed by atoms with Crippen LogP contribution in [0.3, 0.4) is 0 Å². The number of hydrogen-bond acceptors (Lipinski definition) is 5. The molecule has 7 heteroatoms. The summed E-state index contributed by atoms with van der Waals surface area (Å²) in [4.78, 5) is 10.5. The lowest BCUT2D eigenvalue weighted by Crippen LogP contribution is -2.19. The number of nitro groups is 1. The number of nitrogens with zero attached hydrogens (tertiary/aromatic N) is 4. The van der Waals surface area contributed by atoms with Gasteiger partial charge in [0.1, 0.15) is 11.7 Å². The molecule has 2 aromatic carbocycles. The Labute approximate surface area is 133 Å². The Hall–Kier alpha value is -2.96. The van der Waals surface area contributed by atoms with Crippen LogP contribution in [-0.4, -0.2) is 19.9 Å². The fourth-order valence-corrected chi connectivity index (χ4v) is 2.55. The number of non-ortho nitro benzene ring substituents is 1. The summed E-state index contributed by atoms with van der Waals surface area (Å²) < 4.78 is 1.83. The van der Waals surface area contributed by atoms with Crippen LogP contribution in [0.15, 0.2) is 48.5 Å². The minimum Gasteiger partial charge on any atom is -0.363 e. The van der Waals surface area contributed by atoms with Crippen LogP contribution in [0.25, 0.3) is 11.0 Å². The Morgan fingerprint density at radius 1 is 1.26 bits per heavy atom. The van der Waals surface area contributed by atoms with Crippen molar-refractivity contribution < 1.29 is 4.92 Å². The smallest absolute Gasteiger partial charge is 0.271 e. The monoisotopic (exact) mass is 311 g/mol. The molecule has 0 amide bonds. The Balaban J connectivity index is 1.93. The largest absolute Gasteiger partial charge is 0.363 e. The minimum absolute atomic E-state index is 0.0636. The number of benzene rings is 2. The number of aromatic nitrogens is 3. The average molecular weight is 311 g/mol. The maximum atomic E-state index is 10.9. The van der Waals surface area contributed by atoms with Gasteiger partial charge in [-0.3, -0.25) is 10.1 Å². The molecule has 1 heterocycles. The lowest BCUT2D eigenvalue weighted by molar-refractivity contribution is -0.384. The Morgan fingerprint density at radius 2 is 2.09 bits per heavy atom. The quantitative estimate of drug-likeness (QED) is 0.553. The van der Waals surface area contributed by atoms with E-state index in [1.54, 1.807) is 6.07 Å². The first-order chi connectivity index (χ1) is 11.2. The van der Waals surface area contributed by atoms with Gasteiger partial charge in [-0.1, -0.05) is 36.8 Å². The highest BCUT2D eigenvalue weighted by atomic mass is 16.6. The molecule has 118 valence electrons. The van der Waals surface area contributed by atoms with Crippen molar-refractivity contribution in [3.8, 4) is 0 Å². The molecule has 3 rings (SSSR count). The van der Waals surface area contributed by atoms with E-state index >= 15 is 0 Å². The lowest BCUT2D eigenvalue weighted by atomic mass is 10.2. The van der Waals surface area contributed by atoms with Gasteiger partial charge in [-0.25, -0.2) is 4.68 Å². The van der Waals surface area contributed by atoms with Crippen LogP contribution >= 0.6 is 0 Å². The van der Waals surface area contributed by atoms with E-state index in [1.807, 2.05) is 35.0 Å². The summed E-state index contributed by atoms with van der Waals surface area (Å²) >= 11 is 0. The SMILES string of the molecule is CCC[C@H](Nc1cccc([N+](=O)[O-])c1)n1nnc2ccccc21. The van der Waals surface area contributed by atoms with Crippen molar-refractivity contribution >= 4 is 22.4 Å². The molecule has 1 aromatic heterocycles. The van der Waals surface area contributed by atoms with E-state index in [0.717, 1.165) is 23.9 Å². The summed E-state index contributed by atoms with van der Waals surface area (Å²) in [5.41, 5.74) is 2.52. The van der Waals surface area contributed by atoms with Gasteiger partial charge in [0.25, 0.3) is 5.69 Å². The Bertz CT molecular complexity index is 830. The van der Waals surface area contributed by atoms with Gasteiger partial charge in [-0.2, -0.15) is 0 Å². The molecular weight excluding hydrogens is 294 g/mol. The van der Waals surface area contributed by atoms with Gasteiger partial charge < -0.3 is 5.32 Å². The molecule has 0 bridgehead atoms. The van der Waals surface area contributed by atoms with E-state index in [1.165, 1.54) is 12.1 Å². The summed E-state index contributed by atoms with van der Waals surface area (Å²) in [5, 5.41) is 22.7. The predicted molar refractivity (Wildman–Crippen MR) is 88.2 cm³/mol. The maximum absolute atomic E-state index is 10.9. The molecular formula is C16H17N5O2. The molecule has 0 unspecified atom stereocenters. The number of nitro benzene ring substituents is 1. The average Bonchev–Trinajstić information content (AvgIpc) is 2.99. The highest BCUT2D eigenvalue weighted by Crippen LogP contribution is 2.24. The van der Waals surface area contributed by atoms with E-state index in [4.69, 9.17) is 0 Å². The Kier molecular flexibility index (Phi) is 4.18. The predicted octanol–water partition coefficient (Wildman–Crippen LogP) is 3.75. The third-order valence-electron chi connectivity index (χ3n) is 3.62. The van der Waals surface area contributed by atoms with Crippen molar-refractivity contribution in [1.82, 2.24) is 15.0 Å². The maximum Gasteiger partial charge on any atom is 0.271 e. The van der Waals surface area contributed by atoms with Crippen LogP contribution in [0.5, 0.6) is 0 Å². The van der Waals surface area contributed by atoms with E-state index in [2.05, 4.69) is 22.6 Å². The molecule has 3 aromatic rings. The van der Waals surface area contributed by atoms with Crippen molar-refractivity contribution in [2.24, 2.45) is 0 Å². The van der Waals surface area contributed by atoms with Crippen molar-refractivity contribution in [3.05, 3.63) is 58.6 Å². The molecule has 0 spiro atoms. The van der Waals surface area contributed by atoms with Crippen molar-refractivity contribution in [2.45, 2.75) is 25.9 Å². The molecule has 23 heavy (non-hydrogen) atoms. The number of nitrogens with one attached hydrogen (secondary N) is 1. The molecule has 0 fully saturated rings. The highest BCUT2D eigenvalue weighted by Gasteiger charge is 2.16. The van der Waals surface area contributed by atoms with Gasteiger partial charge in [0.15, 0.2) is 0 Å². The van der Waals surface area contributed by atoms with Crippen molar-refractivity contribution in [3.63, 3.8) is 0 Å². The summed E-state index contributed by atoms with van der Waals surface area (Å²) in [5.74, 6) is 0. The summed E-state index contributed by atoms with van der Waals surface area (Å²) in [6, 6.07) is 14.2. The van der Waals surface area contributed by atoms with Crippen molar-refractivity contribution in [2.75, 3.05) is 5.32 Å². The number of hydrogen-bond donors (Lipinski definition) is 1. The highest BCUT2D eigenvalue weighted by molar-refractivity contribution is 5.74. The summed E-state index contributed by atoms with van der Waals surface area (Å²) in [7, 11) is 0. The molecule has 0 aliphatic rings. The van der Waals surface area contributed by atoms with Crippen LogP contribution in [-0.2, 0) is 0 Å². The first kappa shape index (κ1) is 15.0. The number of rotatable bonds is 6. The van der Waals surface area contributed by atoms with Gasteiger partial charge >= 0.3 is 0 Å². The third kappa shape index (κ3) is 3.13. The normalized spacial score (nSPS) is 12.2. The molecule has 0 saturated heterocycles. The third-order valence-corrected chi connectivity index (χ3v) is 3.62. The Morgan fingerprint density at radius 3 is 2.87 bits per heavy atom. The number of fused-ring (bicyclic) bond motifs is 1. The molecule has 0 aliphatic carbocycles. The second kappa shape index (κ2) is 6.43. The molecule has 1 N–H and O–H groups in total. The van der Waals surface area contributed by atoms with Gasteiger partial charge in [0.05, 0.1) is 10.4 Å². The van der Waals surface area contributed by atoms with Crippen molar-refractivity contribution in [1.29, 1.82) is 0 Å². The second-order valence-electron chi connectivity index (χ2n) is 5.28. The van der Waals surface area contributed by atoms with Crippen LogP contribution in [0.1, 0.15) is 25.9 Å². The van der Waals surface area contributed by atoms with E-state index in [9.17, 15) is 10.1 Å².